The molecule has 1 fully saturated rings. The van der Waals surface area contributed by atoms with E-state index in [4.69, 9.17) is 25.5 Å². The quantitative estimate of drug-likeness (QED) is 0.109. The van der Waals surface area contributed by atoms with Crippen molar-refractivity contribution in [3.05, 3.63) is 112 Å². The van der Waals surface area contributed by atoms with Crippen molar-refractivity contribution < 1.29 is 28.6 Å². The smallest absolute Gasteiger partial charge is 0.267 e. The number of carbonyl (C=O) groups is 2. The molecule has 0 spiro atoms. The molecular weight excluding hydrogens is 604 g/mol. The lowest BCUT2D eigenvalue weighted by molar-refractivity contribution is -0.122. The lowest BCUT2D eigenvalue weighted by Gasteiger charge is -2.12. The number of nitrogens with zero attached hydrogens (tertiary/aromatic N) is 3. The molecule has 0 unspecified atom stereocenters. The number of furan rings is 1. The summed E-state index contributed by atoms with van der Waals surface area (Å²) in [5.41, 5.74) is 1.86. The second-order valence-corrected chi connectivity index (χ2v) is 10.7. The van der Waals surface area contributed by atoms with Crippen LogP contribution in [-0.4, -0.2) is 46.4 Å². The summed E-state index contributed by atoms with van der Waals surface area (Å²) in [4.78, 5) is 27.9. The SMILES string of the molecule is CCOc1cc(/C=N\N=C2\S/C(=C\c3ccccc3OCC(=O)Nc3ccc(Cl)cc3)C(=O)N2Cc2ccco2)ccc1O. The van der Waals surface area contributed by atoms with Crippen LogP contribution in [-0.2, 0) is 16.1 Å². The summed E-state index contributed by atoms with van der Waals surface area (Å²) in [7, 11) is 0. The summed E-state index contributed by atoms with van der Waals surface area (Å²) in [5.74, 6) is 0.727. The number of nitrogens with one attached hydrogen (secondary N) is 1. The van der Waals surface area contributed by atoms with Gasteiger partial charge >= 0.3 is 0 Å². The Bertz CT molecular complexity index is 1720. The number of benzene rings is 3. The minimum Gasteiger partial charge on any atom is -0.504 e. The summed E-state index contributed by atoms with van der Waals surface area (Å²) >= 11 is 7.06. The molecule has 1 aliphatic heterocycles. The van der Waals surface area contributed by atoms with Gasteiger partial charge in [-0.1, -0.05) is 29.8 Å². The van der Waals surface area contributed by atoms with Crippen molar-refractivity contribution in [3.8, 4) is 17.2 Å². The molecule has 0 aliphatic carbocycles. The standard InChI is InChI=1S/C32H27ClN4O6S/c1-2-41-28-16-21(9-14-26(28)38)18-34-36-32-37(19-25-7-5-15-42-25)31(40)29(44-32)17-22-6-3-4-8-27(22)43-20-30(39)35-24-12-10-23(33)11-13-24/h3-18,38H,2,19-20H2,1H3,(H,35,39)/b29-17-,34-18-,36-32+. The molecule has 0 radical (unpaired) electrons. The second kappa shape index (κ2) is 14.5. The third kappa shape index (κ3) is 7.88. The van der Waals surface area contributed by atoms with Gasteiger partial charge in [-0.2, -0.15) is 5.10 Å². The van der Waals surface area contributed by atoms with E-state index in [2.05, 4.69) is 15.5 Å². The first-order chi connectivity index (χ1) is 21.4. The number of amidine groups is 1. The topological polar surface area (TPSA) is 126 Å². The summed E-state index contributed by atoms with van der Waals surface area (Å²) in [6, 6.07) is 22.2. The maximum atomic E-state index is 13.5. The molecule has 2 N–H and O–H groups in total. The van der Waals surface area contributed by atoms with Gasteiger partial charge in [0.1, 0.15) is 11.5 Å². The lowest BCUT2D eigenvalue weighted by Crippen LogP contribution is -2.28. The first-order valence-electron chi connectivity index (χ1n) is 13.5. The largest absolute Gasteiger partial charge is 0.504 e. The fourth-order valence-electron chi connectivity index (χ4n) is 4.05. The third-order valence-electron chi connectivity index (χ3n) is 6.11. The maximum Gasteiger partial charge on any atom is 0.267 e. The highest BCUT2D eigenvalue weighted by Crippen LogP contribution is 2.35. The fraction of sp³-hybridized carbons (Fsp3) is 0.125. The molecule has 0 atom stereocenters. The van der Waals surface area contributed by atoms with Crippen molar-refractivity contribution in [1.29, 1.82) is 0 Å². The van der Waals surface area contributed by atoms with Crippen LogP contribution in [0.1, 0.15) is 23.8 Å². The van der Waals surface area contributed by atoms with Crippen LogP contribution in [0, 0.1) is 0 Å². The first-order valence-corrected chi connectivity index (χ1v) is 14.7. The molecule has 1 aliphatic rings. The predicted octanol–water partition coefficient (Wildman–Crippen LogP) is 6.56. The van der Waals surface area contributed by atoms with Crippen LogP contribution in [0.15, 0.2) is 105 Å². The van der Waals surface area contributed by atoms with E-state index < -0.39 is 0 Å². The van der Waals surface area contributed by atoms with Crippen LogP contribution in [0.5, 0.6) is 17.2 Å². The van der Waals surface area contributed by atoms with Gasteiger partial charge in [0.2, 0.25) is 0 Å². The number of carbonyl (C=O) groups excluding carboxylic acids is 2. The summed E-state index contributed by atoms with van der Waals surface area (Å²) in [6.07, 6.45) is 4.73. The number of aromatic hydroxyl groups is 1. The van der Waals surface area contributed by atoms with E-state index >= 15 is 0 Å². The Balaban J connectivity index is 1.34. The minimum atomic E-state index is -0.347. The average molecular weight is 631 g/mol. The van der Waals surface area contributed by atoms with Gasteiger partial charge < -0.3 is 24.3 Å². The van der Waals surface area contributed by atoms with Crippen LogP contribution < -0.4 is 14.8 Å². The van der Waals surface area contributed by atoms with E-state index in [0.717, 1.165) is 11.8 Å². The molecule has 4 aromatic rings. The van der Waals surface area contributed by atoms with E-state index in [1.807, 2.05) is 13.0 Å². The van der Waals surface area contributed by atoms with Crippen LogP contribution in [0.3, 0.4) is 0 Å². The number of anilines is 1. The number of phenolic OH excluding ortho intramolecular Hbond substituents is 1. The van der Waals surface area contributed by atoms with Gasteiger partial charge in [0.05, 0.1) is 30.5 Å². The summed E-state index contributed by atoms with van der Waals surface area (Å²) in [6.45, 7) is 2.14. The summed E-state index contributed by atoms with van der Waals surface area (Å²) in [5, 5.41) is 22.1. The van der Waals surface area contributed by atoms with Crippen molar-refractivity contribution in [1.82, 2.24) is 4.90 Å². The molecular formula is C32H27ClN4O6S. The Morgan fingerprint density at radius 2 is 1.89 bits per heavy atom. The minimum absolute atomic E-state index is 0.0260. The van der Waals surface area contributed by atoms with Crippen LogP contribution in [0.25, 0.3) is 6.08 Å². The van der Waals surface area contributed by atoms with Crippen LogP contribution in [0.4, 0.5) is 5.69 Å². The van der Waals surface area contributed by atoms with Crippen molar-refractivity contribution in [2.24, 2.45) is 10.2 Å². The van der Waals surface area contributed by atoms with Gasteiger partial charge in [-0.25, -0.2) is 0 Å². The van der Waals surface area contributed by atoms with E-state index in [-0.39, 0.29) is 30.7 Å². The maximum absolute atomic E-state index is 13.5. The molecule has 44 heavy (non-hydrogen) atoms. The van der Waals surface area contributed by atoms with Gasteiger partial charge in [0.15, 0.2) is 23.3 Å². The number of rotatable bonds is 11. The number of phenols is 1. The van der Waals surface area contributed by atoms with Gasteiger partial charge in [-0.3, -0.25) is 14.5 Å². The zero-order valence-corrected chi connectivity index (χ0v) is 25.0. The molecule has 1 saturated heterocycles. The monoisotopic (exact) mass is 630 g/mol. The molecule has 5 rings (SSSR count). The molecule has 3 aromatic carbocycles. The zero-order chi connectivity index (χ0) is 30.9. The molecule has 2 amide bonds. The van der Waals surface area contributed by atoms with Crippen molar-refractivity contribution >= 4 is 58.3 Å². The lowest BCUT2D eigenvalue weighted by atomic mass is 10.2. The van der Waals surface area contributed by atoms with Gasteiger partial charge in [-0.15, -0.1) is 5.10 Å². The predicted molar refractivity (Wildman–Crippen MR) is 171 cm³/mol. The van der Waals surface area contributed by atoms with Crippen LogP contribution >= 0.6 is 23.4 Å². The molecule has 2 heterocycles. The number of halogens is 1. The Kier molecular flexibility index (Phi) is 10.0. The number of thioether (sulfide) groups is 1. The van der Waals surface area contributed by atoms with E-state index in [9.17, 15) is 14.7 Å². The van der Waals surface area contributed by atoms with Crippen molar-refractivity contribution in [2.45, 2.75) is 13.5 Å². The highest BCUT2D eigenvalue weighted by atomic mass is 35.5. The molecule has 0 bridgehead atoms. The molecule has 0 saturated carbocycles. The average Bonchev–Trinajstić information content (AvgIpc) is 3.64. The van der Waals surface area contributed by atoms with Crippen molar-refractivity contribution in [2.75, 3.05) is 18.5 Å². The Hall–Kier alpha value is -5.00. The fourth-order valence-corrected chi connectivity index (χ4v) is 5.11. The Labute approximate surface area is 262 Å². The number of ether oxygens (including phenoxy) is 2. The molecule has 224 valence electrons. The van der Waals surface area contributed by atoms with Gasteiger partial charge in [0, 0.05) is 16.3 Å². The Morgan fingerprint density at radius 1 is 1.07 bits per heavy atom. The number of hydrogen-bond donors (Lipinski definition) is 2. The van der Waals surface area contributed by atoms with E-state index in [0.29, 0.717) is 55.8 Å². The molecule has 12 heteroatoms. The third-order valence-corrected chi connectivity index (χ3v) is 7.36. The molecule has 10 nitrogen and oxygen atoms in total. The number of para-hydroxylation sites is 1. The summed E-state index contributed by atoms with van der Waals surface area (Å²) < 4.78 is 16.7. The van der Waals surface area contributed by atoms with Crippen molar-refractivity contribution in [3.63, 3.8) is 0 Å². The Morgan fingerprint density at radius 3 is 2.66 bits per heavy atom. The van der Waals surface area contributed by atoms with E-state index in [1.165, 1.54) is 23.4 Å². The first kappa shape index (κ1) is 30.5. The van der Waals surface area contributed by atoms with Gasteiger partial charge in [0.25, 0.3) is 11.8 Å². The highest BCUT2D eigenvalue weighted by Gasteiger charge is 2.34. The molecule has 1 aromatic heterocycles. The van der Waals surface area contributed by atoms with E-state index in [1.54, 1.807) is 72.8 Å². The van der Waals surface area contributed by atoms with Gasteiger partial charge in [-0.05, 0) is 91.0 Å². The van der Waals surface area contributed by atoms with Crippen LogP contribution in [0.2, 0.25) is 5.02 Å². The second-order valence-electron chi connectivity index (χ2n) is 9.25. The highest BCUT2D eigenvalue weighted by molar-refractivity contribution is 8.18. The number of amides is 2. The number of hydrogen-bond acceptors (Lipinski definition) is 9. The normalized spacial score (nSPS) is 15.0. The zero-order valence-electron chi connectivity index (χ0n) is 23.5.